The van der Waals surface area contributed by atoms with Gasteiger partial charge in [0.15, 0.2) is 6.61 Å². The number of fused-ring (bicyclic) bond motifs is 2. The van der Waals surface area contributed by atoms with Gasteiger partial charge in [0.2, 0.25) is 5.91 Å². The molecule has 8 nitrogen and oxygen atoms in total. The van der Waals surface area contributed by atoms with Crippen molar-refractivity contribution in [3.8, 4) is 5.75 Å². The molecule has 26 heavy (non-hydrogen) atoms. The van der Waals surface area contributed by atoms with Gasteiger partial charge >= 0.3 is 5.69 Å². The van der Waals surface area contributed by atoms with Crippen molar-refractivity contribution >= 4 is 34.2 Å². The molecule has 1 aliphatic heterocycles. The molecule has 132 valence electrons. The molecule has 4 N–H and O–H groups in total. The van der Waals surface area contributed by atoms with Crippen molar-refractivity contribution in [2.75, 3.05) is 17.2 Å². The molecule has 2 heterocycles. The average Bonchev–Trinajstić information content (AvgIpc) is 2.99. The summed E-state index contributed by atoms with van der Waals surface area (Å²) in [6, 6.07) is 10.4. The topological polar surface area (TPSA) is 116 Å². The summed E-state index contributed by atoms with van der Waals surface area (Å²) >= 11 is 0. The highest BCUT2D eigenvalue weighted by Gasteiger charge is 2.15. The molecule has 1 aliphatic rings. The number of aryl methyl sites for hydroxylation is 1. The predicted molar refractivity (Wildman–Crippen MR) is 96.4 cm³/mol. The Labute approximate surface area is 147 Å². The first-order valence-electron chi connectivity index (χ1n) is 8.14. The third-order valence-corrected chi connectivity index (χ3v) is 4.14. The molecule has 0 spiro atoms. The van der Waals surface area contributed by atoms with E-state index < -0.39 is 0 Å². The van der Waals surface area contributed by atoms with Gasteiger partial charge in [-0.05, 0) is 48.4 Å². The summed E-state index contributed by atoms with van der Waals surface area (Å²) in [6.07, 6.45) is 1.10. The van der Waals surface area contributed by atoms with E-state index in [1.165, 1.54) is 0 Å². The molecule has 8 heteroatoms. The Kier molecular flexibility index (Phi) is 3.92. The van der Waals surface area contributed by atoms with Gasteiger partial charge in [-0.2, -0.15) is 0 Å². The number of carbonyl (C=O) groups is 2. The minimum Gasteiger partial charge on any atom is -0.484 e. The lowest BCUT2D eigenvalue weighted by atomic mass is 10.0. The Hall–Kier alpha value is -3.55. The molecular weight excluding hydrogens is 336 g/mol. The van der Waals surface area contributed by atoms with Crippen LogP contribution in [0.3, 0.4) is 0 Å². The molecule has 0 bridgehead atoms. The van der Waals surface area contributed by atoms with Gasteiger partial charge in [-0.25, -0.2) is 4.79 Å². The van der Waals surface area contributed by atoms with Gasteiger partial charge in [-0.1, -0.05) is 0 Å². The molecule has 0 radical (unpaired) electrons. The molecule has 0 aliphatic carbocycles. The number of hydrogen-bond acceptors (Lipinski definition) is 4. The van der Waals surface area contributed by atoms with Crippen LogP contribution in [0.25, 0.3) is 11.0 Å². The zero-order chi connectivity index (χ0) is 18.1. The summed E-state index contributed by atoms with van der Waals surface area (Å²) in [4.78, 5) is 40.0. The van der Waals surface area contributed by atoms with Gasteiger partial charge in [0.05, 0.1) is 11.0 Å². The number of hydrogen-bond donors (Lipinski definition) is 4. The van der Waals surface area contributed by atoms with Crippen molar-refractivity contribution in [1.29, 1.82) is 0 Å². The van der Waals surface area contributed by atoms with Crippen molar-refractivity contribution in [2.45, 2.75) is 12.8 Å². The highest BCUT2D eigenvalue weighted by atomic mass is 16.5. The molecule has 2 amide bonds. The number of H-pyrrole nitrogens is 2. The highest BCUT2D eigenvalue weighted by Crippen LogP contribution is 2.26. The van der Waals surface area contributed by atoms with Crippen LogP contribution in [0, 0.1) is 0 Å². The largest absolute Gasteiger partial charge is 0.484 e. The number of nitrogens with one attached hydrogen (secondary N) is 4. The van der Waals surface area contributed by atoms with Crippen LogP contribution in [-0.4, -0.2) is 28.4 Å². The fourth-order valence-corrected chi connectivity index (χ4v) is 2.91. The minimum absolute atomic E-state index is 0.00582. The van der Waals surface area contributed by atoms with E-state index in [-0.39, 0.29) is 24.1 Å². The monoisotopic (exact) mass is 352 g/mol. The van der Waals surface area contributed by atoms with Crippen LogP contribution in [-0.2, 0) is 16.0 Å². The summed E-state index contributed by atoms with van der Waals surface area (Å²) in [5, 5.41) is 5.52. The first-order chi connectivity index (χ1) is 12.6. The van der Waals surface area contributed by atoms with Crippen LogP contribution < -0.4 is 21.1 Å². The molecule has 0 fully saturated rings. The number of aromatic amines is 2. The summed E-state index contributed by atoms with van der Waals surface area (Å²) in [5.74, 6) is 0.264. The molecule has 0 atom stereocenters. The number of anilines is 2. The van der Waals surface area contributed by atoms with Crippen molar-refractivity contribution in [3.05, 3.63) is 52.4 Å². The first kappa shape index (κ1) is 15.9. The number of aromatic nitrogens is 2. The van der Waals surface area contributed by atoms with E-state index in [1.807, 2.05) is 6.07 Å². The molecule has 0 saturated carbocycles. The molecule has 4 rings (SSSR count). The smallest absolute Gasteiger partial charge is 0.323 e. The highest BCUT2D eigenvalue weighted by molar-refractivity contribution is 5.94. The van der Waals surface area contributed by atoms with E-state index in [0.717, 1.165) is 11.3 Å². The van der Waals surface area contributed by atoms with E-state index in [9.17, 15) is 14.4 Å². The van der Waals surface area contributed by atoms with Crippen LogP contribution >= 0.6 is 0 Å². The summed E-state index contributed by atoms with van der Waals surface area (Å²) < 4.78 is 5.54. The maximum Gasteiger partial charge on any atom is 0.323 e. The number of benzene rings is 2. The third kappa shape index (κ3) is 3.30. The van der Waals surface area contributed by atoms with Gasteiger partial charge in [0.1, 0.15) is 5.75 Å². The lowest BCUT2D eigenvalue weighted by Crippen LogP contribution is -2.21. The third-order valence-electron chi connectivity index (χ3n) is 4.14. The summed E-state index contributed by atoms with van der Waals surface area (Å²) in [5.41, 5.74) is 3.33. The summed E-state index contributed by atoms with van der Waals surface area (Å²) in [7, 11) is 0. The lowest BCUT2D eigenvalue weighted by Gasteiger charge is -2.17. The Balaban J connectivity index is 1.38. The van der Waals surface area contributed by atoms with Gasteiger partial charge in [-0.15, -0.1) is 0 Å². The second-order valence-corrected chi connectivity index (χ2v) is 6.04. The molecule has 0 unspecified atom stereocenters. The minimum atomic E-state index is -0.312. The van der Waals surface area contributed by atoms with Crippen molar-refractivity contribution in [1.82, 2.24) is 9.97 Å². The molecule has 2 aromatic carbocycles. The molecule has 3 aromatic rings. The van der Waals surface area contributed by atoms with Gasteiger partial charge in [0, 0.05) is 17.8 Å². The maximum atomic E-state index is 12.1. The van der Waals surface area contributed by atoms with Crippen LogP contribution in [0.2, 0.25) is 0 Å². The van der Waals surface area contributed by atoms with Gasteiger partial charge in [0.25, 0.3) is 5.91 Å². The number of ether oxygens (including phenoxy) is 1. The average molecular weight is 352 g/mol. The number of rotatable bonds is 4. The van der Waals surface area contributed by atoms with E-state index in [2.05, 4.69) is 20.6 Å². The zero-order valence-corrected chi connectivity index (χ0v) is 13.7. The Morgan fingerprint density at radius 2 is 1.88 bits per heavy atom. The van der Waals surface area contributed by atoms with Crippen molar-refractivity contribution in [2.24, 2.45) is 0 Å². The molecule has 1 aromatic heterocycles. The molecular formula is C18H16N4O4. The standard InChI is InChI=1S/C18H16N4O4/c23-16-6-1-10-7-12(3-5-13(10)20-16)26-9-17(24)19-11-2-4-14-15(8-11)22-18(25)21-14/h2-5,7-8H,1,6,9H2,(H,19,24)(H,20,23)(H2,21,22,25). The Morgan fingerprint density at radius 3 is 2.77 bits per heavy atom. The number of carbonyl (C=O) groups excluding carboxylic acids is 2. The molecule has 0 saturated heterocycles. The maximum absolute atomic E-state index is 12.1. The van der Waals surface area contributed by atoms with E-state index in [4.69, 9.17) is 4.74 Å². The van der Waals surface area contributed by atoms with Gasteiger partial charge in [-0.3, -0.25) is 9.59 Å². The summed E-state index contributed by atoms with van der Waals surface area (Å²) in [6.45, 7) is -0.146. The fraction of sp³-hybridized carbons (Fsp3) is 0.167. The quantitative estimate of drug-likeness (QED) is 0.572. The van der Waals surface area contributed by atoms with Gasteiger partial charge < -0.3 is 25.3 Å². The predicted octanol–water partition coefficient (Wildman–Crippen LogP) is 1.76. The van der Waals surface area contributed by atoms with Crippen LogP contribution in [0.1, 0.15) is 12.0 Å². The second kappa shape index (κ2) is 6.40. The normalized spacial score (nSPS) is 13.2. The fourth-order valence-electron chi connectivity index (χ4n) is 2.91. The van der Waals surface area contributed by atoms with Crippen molar-refractivity contribution in [3.63, 3.8) is 0 Å². The van der Waals surface area contributed by atoms with Crippen LogP contribution in [0.4, 0.5) is 11.4 Å². The van der Waals surface area contributed by atoms with Crippen molar-refractivity contribution < 1.29 is 14.3 Å². The van der Waals surface area contributed by atoms with E-state index in [0.29, 0.717) is 35.3 Å². The Bertz CT molecular complexity index is 1070. The lowest BCUT2D eigenvalue weighted by molar-refractivity contribution is -0.118. The first-order valence-corrected chi connectivity index (χ1v) is 8.14. The van der Waals surface area contributed by atoms with Crippen LogP contribution in [0.15, 0.2) is 41.2 Å². The van der Waals surface area contributed by atoms with E-state index in [1.54, 1.807) is 30.3 Å². The number of imidazole rings is 1. The van der Waals surface area contributed by atoms with E-state index >= 15 is 0 Å². The zero-order valence-electron chi connectivity index (χ0n) is 13.7. The van der Waals surface area contributed by atoms with Crippen LogP contribution in [0.5, 0.6) is 5.75 Å². The second-order valence-electron chi connectivity index (χ2n) is 6.04. The Morgan fingerprint density at radius 1 is 1.04 bits per heavy atom. The number of amides is 2. The SMILES string of the molecule is O=C(COc1ccc2c(c1)CCC(=O)N2)Nc1ccc2[nH]c(=O)[nH]c2c1.